The lowest BCUT2D eigenvalue weighted by Crippen LogP contribution is -2.35. The van der Waals surface area contributed by atoms with Gasteiger partial charge < -0.3 is 9.80 Å². The Morgan fingerprint density at radius 3 is 1.74 bits per heavy atom. The smallest absolute Gasteiger partial charge is 0.229 e. The van der Waals surface area contributed by atoms with Gasteiger partial charge in [0.15, 0.2) is 5.69 Å². The third-order valence-electron chi connectivity index (χ3n) is 13.8. The van der Waals surface area contributed by atoms with Gasteiger partial charge >= 0.3 is 0 Å². The number of hydrogen-bond donors (Lipinski definition) is 0. The molecule has 222 valence electrons. The van der Waals surface area contributed by atoms with Gasteiger partial charge in [0.25, 0.3) is 0 Å². The molecule has 1 aromatic rings. The monoisotopic (exact) mass is 581 g/mol. The minimum Gasteiger partial charge on any atom is -0.371 e. The summed E-state index contributed by atoms with van der Waals surface area (Å²) in [5.74, 6) is 5.05. The van der Waals surface area contributed by atoms with E-state index in [9.17, 15) is 0 Å². The predicted octanol–water partition coefficient (Wildman–Crippen LogP) is 6.94. The molecular formula is C37H49N4S+. The quantitative estimate of drug-likeness (QED) is 0.242. The minimum absolute atomic E-state index is 0.0341. The van der Waals surface area contributed by atoms with Gasteiger partial charge in [-0.2, -0.15) is 0 Å². The molecule has 0 radical (unpaired) electrons. The highest BCUT2D eigenvalue weighted by Gasteiger charge is 2.66. The molecule has 4 aliphatic carbocycles. The first-order valence-corrected chi connectivity index (χ1v) is 17.5. The molecule has 0 aromatic heterocycles. The third-order valence-corrected chi connectivity index (χ3v) is 14.9. The molecule has 3 saturated carbocycles. The molecule has 1 aromatic carbocycles. The number of fused-ring (bicyclic) bond motifs is 5. The second-order valence-corrected chi connectivity index (χ2v) is 19.0. The van der Waals surface area contributed by atoms with E-state index in [4.69, 9.17) is 4.98 Å². The van der Waals surface area contributed by atoms with Crippen molar-refractivity contribution < 1.29 is 0 Å². The first-order chi connectivity index (χ1) is 19.7. The van der Waals surface area contributed by atoms with E-state index in [1.807, 2.05) is 11.3 Å². The van der Waals surface area contributed by atoms with E-state index < -0.39 is 0 Å². The van der Waals surface area contributed by atoms with Crippen LogP contribution in [0.25, 0.3) is 20.8 Å². The normalized spacial score (nSPS) is 34.6. The Kier molecular flexibility index (Phi) is 4.84. The average molecular weight is 582 g/mol. The molecule has 4 nitrogen and oxygen atoms in total. The van der Waals surface area contributed by atoms with Crippen LogP contribution in [0.3, 0.4) is 0 Å². The van der Waals surface area contributed by atoms with Crippen LogP contribution >= 0.6 is 11.3 Å². The molecule has 42 heavy (non-hydrogen) atoms. The molecule has 5 heteroatoms. The van der Waals surface area contributed by atoms with Gasteiger partial charge in [-0.1, -0.05) is 62.3 Å². The summed E-state index contributed by atoms with van der Waals surface area (Å²) in [6.07, 6.45) is 0. The lowest BCUT2D eigenvalue weighted by atomic mass is 9.85. The summed E-state index contributed by atoms with van der Waals surface area (Å²) in [6.45, 7) is 29.1. The minimum atomic E-state index is 0.0341. The molecule has 4 aliphatic heterocycles. The van der Waals surface area contributed by atoms with Crippen molar-refractivity contribution >= 4 is 32.9 Å². The zero-order valence-corrected chi connectivity index (χ0v) is 28.0. The topological polar surface area (TPSA) is 22.4 Å². The Balaban J connectivity index is 1.21. The van der Waals surface area contributed by atoms with E-state index in [1.165, 1.54) is 82.4 Å². The Morgan fingerprint density at radius 1 is 0.714 bits per heavy atom. The predicted molar refractivity (Wildman–Crippen MR) is 177 cm³/mol. The average Bonchev–Trinajstić information content (AvgIpc) is 3.53. The Morgan fingerprint density at radius 2 is 1.21 bits per heavy atom. The molecule has 0 amide bonds. The summed E-state index contributed by atoms with van der Waals surface area (Å²) in [4.78, 5) is 12.3. The molecule has 0 spiro atoms. The Hall–Kier alpha value is -2.14. The number of rotatable bonds is 2. The van der Waals surface area contributed by atoms with Crippen molar-refractivity contribution in [1.29, 1.82) is 0 Å². The number of aromatic nitrogens is 1. The largest absolute Gasteiger partial charge is 0.371 e. The number of anilines is 2. The molecule has 6 fully saturated rings. The number of benzene rings is 2. The summed E-state index contributed by atoms with van der Waals surface area (Å²) in [5, 5.41) is 1.38. The Bertz CT molecular complexity index is 1680. The van der Waals surface area contributed by atoms with E-state index in [-0.39, 0.29) is 5.41 Å². The van der Waals surface area contributed by atoms with Crippen molar-refractivity contribution in [3.8, 4) is 10.6 Å². The van der Waals surface area contributed by atoms with E-state index in [0.29, 0.717) is 16.2 Å². The van der Waals surface area contributed by atoms with Gasteiger partial charge in [0.05, 0.1) is 15.1 Å². The second-order valence-electron chi connectivity index (χ2n) is 17.9. The molecule has 8 aliphatic rings. The van der Waals surface area contributed by atoms with Gasteiger partial charge in [0.2, 0.25) is 5.36 Å². The van der Waals surface area contributed by atoms with Crippen LogP contribution in [0.4, 0.5) is 11.4 Å². The molecule has 9 rings (SSSR count). The highest BCUT2D eigenvalue weighted by molar-refractivity contribution is 7.21. The maximum Gasteiger partial charge on any atom is 0.229 e. The van der Waals surface area contributed by atoms with Crippen LogP contribution in [0.2, 0.25) is 0 Å². The van der Waals surface area contributed by atoms with Gasteiger partial charge in [0, 0.05) is 55.5 Å². The van der Waals surface area contributed by atoms with E-state index in [0.717, 1.165) is 35.5 Å². The first kappa shape index (κ1) is 26.3. The molecule has 6 unspecified atom stereocenters. The maximum atomic E-state index is 5.63. The van der Waals surface area contributed by atoms with Gasteiger partial charge in [-0.15, -0.1) is 11.3 Å². The van der Waals surface area contributed by atoms with Crippen molar-refractivity contribution in [2.45, 2.75) is 67.7 Å². The first-order valence-electron chi connectivity index (χ1n) is 16.7. The van der Waals surface area contributed by atoms with Crippen molar-refractivity contribution in [1.82, 2.24) is 9.56 Å². The van der Waals surface area contributed by atoms with Gasteiger partial charge in [-0.3, -0.25) is 0 Å². The van der Waals surface area contributed by atoms with Gasteiger partial charge in [-0.05, 0) is 69.1 Å². The number of piperidine rings is 3. The summed E-state index contributed by atoms with van der Waals surface area (Å²) >= 11 is 1.99. The zero-order chi connectivity index (χ0) is 29.3. The van der Waals surface area contributed by atoms with Crippen LogP contribution < -0.4 is 19.7 Å². The van der Waals surface area contributed by atoms with Crippen LogP contribution in [-0.2, 0) is 5.41 Å². The highest BCUT2D eigenvalue weighted by atomic mass is 32.1. The molecule has 4 heterocycles. The van der Waals surface area contributed by atoms with Crippen molar-refractivity contribution in [2.75, 3.05) is 49.1 Å². The molecule has 3 saturated heterocycles. The van der Waals surface area contributed by atoms with Crippen molar-refractivity contribution in [3.63, 3.8) is 0 Å². The fourth-order valence-corrected chi connectivity index (χ4v) is 11.1. The molecular weight excluding hydrogens is 533 g/mol. The van der Waals surface area contributed by atoms with Crippen LogP contribution in [0.15, 0.2) is 24.3 Å². The second kappa shape index (κ2) is 7.73. The van der Waals surface area contributed by atoms with E-state index >= 15 is 0 Å². The summed E-state index contributed by atoms with van der Waals surface area (Å²) in [6, 6.07) is 9.98. The number of hydrogen-bond acceptors (Lipinski definition) is 4. The lowest BCUT2D eigenvalue weighted by molar-refractivity contribution is 0.439. The van der Waals surface area contributed by atoms with Crippen LogP contribution in [0.5, 0.6) is 0 Å². The van der Waals surface area contributed by atoms with Crippen LogP contribution in [0.1, 0.15) is 67.9 Å². The van der Waals surface area contributed by atoms with Crippen molar-refractivity contribution in [2.24, 2.45) is 51.8 Å². The van der Waals surface area contributed by atoms with Gasteiger partial charge in [-0.25, -0.2) is 9.56 Å². The summed E-state index contributed by atoms with van der Waals surface area (Å²) in [7, 11) is 0. The summed E-state index contributed by atoms with van der Waals surface area (Å²) < 4.78 is 4.05. The molecule has 0 N–H and O–H groups in total. The third kappa shape index (κ3) is 3.46. The van der Waals surface area contributed by atoms with Crippen molar-refractivity contribution in [3.05, 3.63) is 35.2 Å². The van der Waals surface area contributed by atoms with E-state index in [2.05, 4.69) is 101 Å². The summed E-state index contributed by atoms with van der Waals surface area (Å²) in [5.41, 5.74) is 8.28. The zero-order valence-electron chi connectivity index (χ0n) is 27.2. The Labute approximate surface area is 256 Å². The molecule has 6 atom stereocenters. The fraction of sp³-hybridized carbons (Fsp3) is 0.676. The van der Waals surface area contributed by atoms with Crippen LogP contribution in [-0.4, -0.2) is 44.3 Å². The number of nitrogens with zero attached hydrogens (tertiary/aromatic N) is 4. The van der Waals surface area contributed by atoms with Crippen LogP contribution in [0, 0.1) is 51.8 Å². The fourth-order valence-electron chi connectivity index (χ4n) is 9.98. The molecule has 0 bridgehead atoms. The maximum absolute atomic E-state index is 5.63. The lowest BCUT2D eigenvalue weighted by Gasteiger charge is -2.28. The van der Waals surface area contributed by atoms with E-state index in [1.54, 1.807) is 0 Å². The standard InChI is InChI=1S/C37H49N4S/c1-34(2,3)22-10-20(39-14-23-24(15-39)35(23,4)5)12-30-32(22)38-33-29(41-18-27-28(19-41)37(27,8)9)11-21(13-31(33)42-30)40-16-25-26(17-40)36(25,6)7/h10-13,23-28H,14-19H2,1-9H3/q+1. The SMILES string of the molecule is CC(C)(C)c1cc(N2CC3C(C2)C3(C)C)cc2sc3cc(N4CC5C(C4)C5(C)C)cc(=[N+]4CC5C(C4)C5(C)C)c-3nc12. The van der Waals surface area contributed by atoms with Gasteiger partial charge in [0.1, 0.15) is 13.1 Å². The highest BCUT2D eigenvalue weighted by Crippen LogP contribution is 2.64.